The van der Waals surface area contributed by atoms with Crippen LogP contribution in [0.15, 0.2) is 102 Å². The summed E-state index contributed by atoms with van der Waals surface area (Å²) in [6.07, 6.45) is 3.60. The Morgan fingerprint density at radius 2 is 1.32 bits per heavy atom. The van der Waals surface area contributed by atoms with Crippen LogP contribution in [-0.4, -0.2) is 23.2 Å². The van der Waals surface area contributed by atoms with Crippen LogP contribution in [-0.2, 0) is 15.0 Å². The van der Waals surface area contributed by atoms with E-state index in [1.807, 2.05) is 92.7 Å². The van der Waals surface area contributed by atoms with Gasteiger partial charge in [-0.25, -0.2) is 4.79 Å². The standard InChI is InChI=1S/C42H39NO4/c1-6-22-42(23-7-2)36-24-30(40(45)38-27(4)16-17-29-13-9-11-15-33(29)38)18-20-34(36)35-21-19-31(25-37(35)42)41(46)39(43-47-28(5)44)32-14-10-8-12-26(32)3/h8-21,24-25H,6-7,22-23H2,1-5H3/b43-39+. The molecule has 0 spiro atoms. The lowest BCUT2D eigenvalue weighted by Crippen LogP contribution is -2.26. The van der Waals surface area contributed by atoms with E-state index < -0.39 is 5.97 Å². The van der Waals surface area contributed by atoms with Crippen LogP contribution in [0, 0.1) is 13.8 Å². The van der Waals surface area contributed by atoms with Crippen molar-refractivity contribution in [3.05, 3.63) is 142 Å². The van der Waals surface area contributed by atoms with Crippen molar-refractivity contribution in [3.8, 4) is 11.1 Å². The smallest absolute Gasteiger partial charge is 0.318 e. The number of ketones is 2. The maximum atomic E-state index is 14.3. The van der Waals surface area contributed by atoms with Gasteiger partial charge in [-0.2, -0.15) is 0 Å². The topological polar surface area (TPSA) is 72.8 Å². The van der Waals surface area contributed by atoms with Crippen molar-refractivity contribution in [1.82, 2.24) is 0 Å². The van der Waals surface area contributed by atoms with Crippen molar-refractivity contribution in [3.63, 3.8) is 0 Å². The van der Waals surface area contributed by atoms with Crippen LogP contribution in [0.4, 0.5) is 0 Å². The third kappa shape index (κ3) is 5.61. The van der Waals surface area contributed by atoms with Gasteiger partial charge in [0.2, 0.25) is 5.78 Å². The Balaban J connectivity index is 1.48. The monoisotopic (exact) mass is 621 g/mol. The Morgan fingerprint density at radius 3 is 1.98 bits per heavy atom. The van der Waals surface area contributed by atoms with E-state index in [-0.39, 0.29) is 22.7 Å². The molecule has 0 amide bonds. The van der Waals surface area contributed by atoms with E-state index >= 15 is 0 Å². The molecule has 5 aromatic carbocycles. The van der Waals surface area contributed by atoms with E-state index in [4.69, 9.17) is 4.84 Å². The third-order valence-electron chi connectivity index (χ3n) is 9.48. The number of aryl methyl sites for hydroxylation is 2. The molecule has 0 heterocycles. The maximum absolute atomic E-state index is 14.3. The summed E-state index contributed by atoms with van der Waals surface area (Å²) in [5.74, 6) is -0.897. The van der Waals surface area contributed by atoms with Gasteiger partial charge in [-0.1, -0.05) is 117 Å². The Kier molecular flexibility index (Phi) is 8.74. The molecule has 5 aromatic rings. The molecule has 0 N–H and O–H groups in total. The van der Waals surface area contributed by atoms with Crippen molar-refractivity contribution in [2.24, 2.45) is 5.16 Å². The Bertz CT molecular complexity index is 2080. The van der Waals surface area contributed by atoms with Crippen molar-refractivity contribution < 1.29 is 19.2 Å². The zero-order valence-electron chi connectivity index (χ0n) is 27.6. The first-order chi connectivity index (χ1) is 22.7. The van der Waals surface area contributed by atoms with Gasteiger partial charge in [-0.05, 0) is 83.0 Å². The number of oxime groups is 1. The van der Waals surface area contributed by atoms with Crippen molar-refractivity contribution in [2.75, 3.05) is 0 Å². The first-order valence-corrected chi connectivity index (χ1v) is 16.4. The molecule has 6 rings (SSSR count). The van der Waals surface area contributed by atoms with Crippen molar-refractivity contribution in [2.45, 2.75) is 65.7 Å². The van der Waals surface area contributed by atoms with Crippen molar-refractivity contribution >= 4 is 34.0 Å². The van der Waals surface area contributed by atoms with E-state index in [1.165, 1.54) is 6.92 Å². The summed E-state index contributed by atoms with van der Waals surface area (Å²) in [5, 5.41) is 6.04. The molecule has 0 unspecified atom stereocenters. The molecule has 5 nitrogen and oxygen atoms in total. The highest BCUT2D eigenvalue weighted by atomic mass is 16.7. The normalized spacial score (nSPS) is 13.3. The van der Waals surface area contributed by atoms with Gasteiger partial charge in [0.05, 0.1) is 0 Å². The maximum Gasteiger partial charge on any atom is 0.332 e. The molecule has 236 valence electrons. The minimum atomic E-state index is -0.595. The zero-order valence-corrected chi connectivity index (χ0v) is 27.6. The molecular weight excluding hydrogens is 582 g/mol. The molecular formula is C42H39NO4. The van der Waals surface area contributed by atoms with E-state index in [2.05, 4.69) is 37.2 Å². The number of benzene rings is 5. The number of rotatable bonds is 10. The average Bonchev–Trinajstić information content (AvgIpc) is 3.33. The molecule has 0 aliphatic heterocycles. The summed E-state index contributed by atoms with van der Waals surface area (Å²) < 4.78 is 0. The number of fused-ring (bicyclic) bond motifs is 4. The predicted octanol–water partition coefficient (Wildman–Crippen LogP) is 9.70. The molecule has 0 bridgehead atoms. The molecule has 0 atom stereocenters. The molecule has 0 aromatic heterocycles. The van der Waals surface area contributed by atoms with E-state index in [0.29, 0.717) is 16.7 Å². The second kappa shape index (κ2) is 12.9. The van der Waals surface area contributed by atoms with Gasteiger partial charge in [0.15, 0.2) is 11.5 Å². The van der Waals surface area contributed by atoms with Gasteiger partial charge in [0, 0.05) is 34.6 Å². The number of carbonyl (C=O) groups excluding carboxylic acids is 3. The molecule has 5 heteroatoms. The second-order valence-electron chi connectivity index (χ2n) is 12.6. The van der Waals surface area contributed by atoms with Gasteiger partial charge in [-0.15, -0.1) is 0 Å². The first kappa shape index (κ1) is 31.8. The van der Waals surface area contributed by atoms with Crippen LogP contribution in [0.2, 0.25) is 0 Å². The van der Waals surface area contributed by atoms with Crippen LogP contribution < -0.4 is 0 Å². The Labute approximate surface area is 276 Å². The second-order valence-corrected chi connectivity index (χ2v) is 12.6. The predicted molar refractivity (Wildman–Crippen MR) is 188 cm³/mol. The third-order valence-corrected chi connectivity index (χ3v) is 9.48. The molecule has 0 fully saturated rings. The highest BCUT2D eigenvalue weighted by Crippen LogP contribution is 2.54. The molecule has 0 saturated heterocycles. The molecule has 1 aliphatic rings. The number of carbonyl (C=O) groups is 3. The highest BCUT2D eigenvalue weighted by Gasteiger charge is 2.43. The fraction of sp³-hybridized carbons (Fsp3) is 0.238. The highest BCUT2D eigenvalue weighted by molar-refractivity contribution is 6.51. The fourth-order valence-electron chi connectivity index (χ4n) is 7.42. The zero-order chi connectivity index (χ0) is 33.3. The summed E-state index contributed by atoms with van der Waals surface area (Å²) in [6.45, 7) is 9.52. The lowest BCUT2D eigenvalue weighted by atomic mass is 9.71. The van der Waals surface area contributed by atoms with E-state index in [0.717, 1.165) is 75.4 Å². The quantitative estimate of drug-likeness (QED) is 0.0674. The van der Waals surface area contributed by atoms with Crippen LogP contribution in [0.5, 0.6) is 0 Å². The minimum Gasteiger partial charge on any atom is -0.318 e. The SMILES string of the molecule is CCCC1(CCC)c2cc(C(=O)/C(=N/OC(C)=O)c3ccccc3C)ccc2-c2ccc(C(=O)c3c(C)ccc4ccccc34)cc21. The summed E-state index contributed by atoms with van der Waals surface area (Å²) in [4.78, 5) is 45.2. The minimum absolute atomic E-state index is 0.0142. The van der Waals surface area contributed by atoms with Crippen LogP contribution in [0.25, 0.3) is 21.9 Å². The van der Waals surface area contributed by atoms with Gasteiger partial charge < -0.3 is 4.84 Å². The molecule has 1 aliphatic carbocycles. The summed E-state index contributed by atoms with van der Waals surface area (Å²) in [5.41, 5.74) is 8.41. The number of hydrogen-bond acceptors (Lipinski definition) is 5. The van der Waals surface area contributed by atoms with E-state index in [9.17, 15) is 14.4 Å². The number of nitrogens with zero attached hydrogens (tertiary/aromatic N) is 1. The van der Waals surface area contributed by atoms with Gasteiger partial charge >= 0.3 is 5.97 Å². The lowest BCUT2D eigenvalue weighted by Gasteiger charge is -2.32. The first-order valence-electron chi connectivity index (χ1n) is 16.4. The molecule has 47 heavy (non-hydrogen) atoms. The van der Waals surface area contributed by atoms with Crippen molar-refractivity contribution in [1.29, 1.82) is 0 Å². The number of hydrogen-bond donors (Lipinski definition) is 0. The van der Waals surface area contributed by atoms with Gasteiger partial charge in [0.25, 0.3) is 0 Å². The largest absolute Gasteiger partial charge is 0.332 e. The van der Waals surface area contributed by atoms with E-state index in [1.54, 1.807) is 0 Å². The van der Waals surface area contributed by atoms with Crippen LogP contribution in [0.3, 0.4) is 0 Å². The Hall–Kier alpha value is -5.16. The molecule has 0 saturated carbocycles. The average molecular weight is 622 g/mol. The molecule has 0 radical (unpaired) electrons. The number of Topliss-reactive ketones (excluding diaryl/α,β-unsaturated/α-hetero) is 1. The lowest BCUT2D eigenvalue weighted by molar-refractivity contribution is -0.140. The Morgan fingerprint density at radius 1 is 0.702 bits per heavy atom. The van der Waals surface area contributed by atoms with Gasteiger partial charge in [-0.3, -0.25) is 9.59 Å². The summed E-state index contributed by atoms with van der Waals surface area (Å²) >= 11 is 0. The summed E-state index contributed by atoms with van der Waals surface area (Å²) in [6, 6.07) is 31.5. The van der Waals surface area contributed by atoms with Crippen LogP contribution in [0.1, 0.15) is 101 Å². The van der Waals surface area contributed by atoms with Crippen LogP contribution >= 0.6 is 0 Å². The van der Waals surface area contributed by atoms with Gasteiger partial charge in [0.1, 0.15) is 0 Å². The summed E-state index contributed by atoms with van der Waals surface area (Å²) in [7, 11) is 0. The fourth-order valence-corrected chi connectivity index (χ4v) is 7.42.